The number of halogens is 1. The third-order valence-corrected chi connectivity index (χ3v) is 4.58. The molecule has 5 nitrogen and oxygen atoms in total. The molecule has 2 aromatic carbocycles. The molecule has 0 unspecified atom stereocenters. The molecule has 21 heavy (non-hydrogen) atoms. The normalized spacial score (nSPS) is 10.9. The number of nitrogens with two attached hydrogens (primary N) is 1. The summed E-state index contributed by atoms with van der Waals surface area (Å²) in [6.45, 7) is 1.78. The molecule has 0 aliphatic rings. The van der Waals surface area contributed by atoms with Crippen LogP contribution in [0.2, 0.25) is 5.02 Å². The molecule has 0 aliphatic carbocycles. The Balaban J connectivity index is 2.36. The van der Waals surface area contributed by atoms with Crippen LogP contribution >= 0.6 is 11.6 Å². The van der Waals surface area contributed by atoms with Crippen LogP contribution in [0.5, 0.6) is 0 Å². The van der Waals surface area contributed by atoms with Crippen molar-refractivity contribution in [3.05, 3.63) is 52.5 Å². The minimum atomic E-state index is -3.78. The smallest absolute Gasteiger partial charge is 0.261 e. The molecule has 0 aromatic heterocycles. The molecule has 2 rings (SSSR count). The zero-order valence-corrected chi connectivity index (χ0v) is 12.7. The van der Waals surface area contributed by atoms with Gasteiger partial charge in [-0.2, -0.15) is 5.26 Å². The molecular formula is C14H12ClN3O2S. The van der Waals surface area contributed by atoms with Crippen molar-refractivity contribution in [1.82, 2.24) is 0 Å². The summed E-state index contributed by atoms with van der Waals surface area (Å²) < 4.78 is 27.0. The molecule has 0 saturated carbocycles. The average Bonchev–Trinajstić information content (AvgIpc) is 2.42. The highest BCUT2D eigenvalue weighted by molar-refractivity contribution is 7.92. The van der Waals surface area contributed by atoms with Crippen LogP contribution in [-0.2, 0) is 10.0 Å². The molecule has 0 atom stereocenters. The van der Waals surface area contributed by atoms with E-state index in [4.69, 9.17) is 22.6 Å². The lowest BCUT2D eigenvalue weighted by molar-refractivity contribution is 0.601. The van der Waals surface area contributed by atoms with Crippen LogP contribution in [0.25, 0.3) is 0 Å². The molecule has 108 valence electrons. The molecule has 0 aliphatic heterocycles. The zero-order chi connectivity index (χ0) is 15.6. The first kappa shape index (κ1) is 15.2. The summed E-state index contributed by atoms with van der Waals surface area (Å²) in [5.74, 6) is 0. The third-order valence-electron chi connectivity index (χ3n) is 2.89. The summed E-state index contributed by atoms with van der Waals surface area (Å²) in [5.41, 5.74) is 7.67. The van der Waals surface area contributed by atoms with E-state index in [0.717, 1.165) is 5.56 Å². The number of benzene rings is 2. The lowest BCUT2D eigenvalue weighted by atomic mass is 10.2. The topological polar surface area (TPSA) is 96.0 Å². The summed E-state index contributed by atoms with van der Waals surface area (Å²) in [4.78, 5) is -0.0130. The summed E-state index contributed by atoms with van der Waals surface area (Å²) in [6, 6.07) is 10.7. The second-order valence-corrected chi connectivity index (χ2v) is 6.52. The zero-order valence-electron chi connectivity index (χ0n) is 11.1. The van der Waals surface area contributed by atoms with E-state index in [0.29, 0.717) is 11.4 Å². The molecule has 0 bridgehead atoms. The molecule has 0 amide bonds. The van der Waals surface area contributed by atoms with Crippen molar-refractivity contribution in [2.24, 2.45) is 0 Å². The maximum absolute atomic E-state index is 12.3. The number of hydrogen-bond acceptors (Lipinski definition) is 4. The lowest BCUT2D eigenvalue weighted by Gasteiger charge is -2.10. The number of hydrogen-bond donors (Lipinski definition) is 2. The van der Waals surface area contributed by atoms with Crippen LogP contribution in [0.15, 0.2) is 41.3 Å². The van der Waals surface area contributed by atoms with Gasteiger partial charge >= 0.3 is 0 Å². The summed E-state index contributed by atoms with van der Waals surface area (Å²) in [5, 5.41) is 8.88. The number of nitrogen functional groups attached to an aromatic ring is 1. The average molecular weight is 322 g/mol. The number of nitrogens with one attached hydrogen (secondary N) is 1. The van der Waals surface area contributed by atoms with Crippen molar-refractivity contribution in [3.8, 4) is 6.07 Å². The number of sulfonamides is 1. The third kappa shape index (κ3) is 3.27. The Labute approximate surface area is 128 Å². The van der Waals surface area contributed by atoms with E-state index < -0.39 is 10.0 Å². The Morgan fingerprint density at radius 3 is 2.52 bits per heavy atom. The van der Waals surface area contributed by atoms with Crippen molar-refractivity contribution in [2.75, 3.05) is 10.5 Å². The van der Waals surface area contributed by atoms with Crippen molar-refractivity contribution in [2.45, 2.75) is 11.8 Å². The first-order valence-electron chi connectivity index (χ1n) is 5.92. The Kier molecular flexibility index (Phi) is 4.07. The Bertz CT molecular complexity index is 842. The number of nitriles is 1. The van der Waals surface area contributed by atoms with E-state index in [9.17, 15) is 8.42 Å². The monoisotopic (exact) mass is 321 g/mol. The van der Waals surface area contributed by atoms with Crippen molar-refractivity contribution in [1.29, 1.82) is 5.26 Å². The molecular weight excluding hydrogens is 310 g/mol. The van der Waals surface area contributed by atoms with Gasteiger partial charge in [0.15, 0.2) is 0 Å². The van der Waals surface area contributed by atoms with Gasteiger partial charge in [-0.05, 0) is 48.9 Å². The van der Waals surface area contributed by atoms with Gasteiger partial charge < -0.3 is 5.73 Å². The van der Waals surface area contributed by atoms with E-state index in [-0.39, 0.29) is 15.5 Å². The van der Waals surface area contributed by atoms with Crippen molar-refractivity contribution >= 4 is 33.0 Å². The van der Waals surface area contributed by atoms with Crippen LogP contribution in [0.4, 0.5) is 11.4 Å². The molecule has 0 spiro atoms. The predicted octanol–water partition coefficient (Wildman–Crippen LogP) is 2.90. The fourth-order valence-electron chi connectivity index (χ4n) is 1.71. The highest BCUT2D eigenvalue weighted by Crippen LogP contribution is 2.23. The summed E-state index contributed by atoms with van der Waals surface area (Å²) >= 11 is 5.85. The SMILES string of the molecule is Cc1cc(NS(=O)(=O)c2ccc(C#N)c(Cl)c2)ccc1N. The lowest BCUT2D eigenvalue weighted by Crippen LogP contribution is -2.13. The second-order valence-electron chi connectivity index (χ2n) is 4.43. The van der Waals surface area contributed by atoms with Gasteiger partial charge in [0.1, 0.15) is 6.07 Å². The molecule has 0 radical (unpaired) electrons. The van der Waals surface area contributed by atoms with Crippen LogP contribution in [0, 0.1) is 18.3 Å². The molecule has 0 fully saturated rings. The molecule has 0 heterocycles. The summed E-state index contributed by atoms with van der Waals surface area (Å²) in [6.07, 6.45) is 0. The van der Waals surface area contributed by atoms with Crippen molar-refractivity contribution in [3.63, 3.8) is 0 Å². The first-order chi connectivity index (χ1) is 9.83. The van der Waals surface area contributed by atoms with E-state index in [1.807, 2.05) is 6.07 Å². The van der Waals surface area contributed by atoms with Gasteiger partial charge in [-0.25, -0.2) is 8.42 Å². The van der Waals surface area contributed by atoms with Gasteiger partial charge in [-0.3, -0.25) is 4.72 Å². The van der Waals surface area contributed by atoms with Gasteiger partial charge in [-0.15, -0.1) is 0 Å². The van der Waals surface area contributed by atoms with Gasteiger partial charge in [0.05, 0.1) is 15.5 Å². The number of nitrogens with zero attached hydrogens (tertiary/aromatic N) is 1. The van der Waals surface area contributed by atoms with E-state index >= 15 is 0 Å². The Morgan fingerprint density at radius 1 is 1.24 bits per heavy atom. The van der Waals surface area contributed by atoms with Gasteiger partial charge in [-0.1, -0.05) is 11.6 Å². The molecule has 7 heteroatoms. The van der Waals surface area contributed by atoms with Crippen LogP contribution in [0.1, 0.15) is 11.1 Å². The number of anilines is 2. The maximum Gasteiger partial charge on any atom is 0.261 e. The minimum absolute atomic E-state index is 0.0130. The largest absolute Gasteiger partial charge is 0.399 e. The quantitative estimate of drug-likeness (QED) is 0.849. The number of rotatable bonds is 3. The first-order valence-corrected chi connectivity index (χ1v) is 7.78. The standard InChI is InChI=1S/C14H12ClN3O2S/c1-9-6-11(3-5-14(9)17)18-21(19,20)12-4-2-10(8-16)13(15)7-12/h2-7,18H,17H2,1H3. The Morgan fingerprint density at radius 2 is 1.95 bits per heavy atom. The van der Waals surface area contributed by atoms with E-state index in [1.54, 1.807) is 25.1 Å². The van der Waals surface area contributed by atoms with Gasteiger partial charge in [0.2, 0.25) is 0 Å². The van der Waals surface area contributed by atoms with Crippen LogP contribution in [-0.4, -0.2) is 8.42 Å². The predicted molar refractivity (Wildman–Crippen MR) is 82.6 cm³/mol. The highest BCUT2D eigenvalue weighted by atomic mass is 35.5. The molecule has 0 saturated heterocycles. The minimum Gasteiger partial charge on any atom is -0.399 e. The van der Waals surface area contributed by atoms with E-state index in [2.05, 4.69) is 4.72 Å². The molecule has 3 N–H and O–H groups in total. The van der Waals surface area contributed by atoms with Gasteiger partial charge in [0.25, 0.3) is 10.0 Å². The molecule has 2 aromatic rings. The fraction of sp³-hybridized carbons (Fsp3) is 0.0714. The van der Waals surface area contributed by atoms with Gasteiger partial charge in [0, 0.05) is 11.4 Å². The second kappa shape index (κ2) is 5.64. The number of aryl methyl sites for hydroxylation is 1. The Hall–Kier alpha value is -2.23. The van der Waals surface area contributed by atoms with E-state index in [1.165, 1.54) is 18.2 Å². The maximum atomic E-state index is 12.3. The highest BCUT2D eigenvalue weighted by Gasteiger charge is 2.16. The van der Waals surface area contributed by atoms with Crippen LogP contribution < -0.4 is 10.5 Å². The summed E-state index contributed by atoms with van der Waals surface area (Å²) in [7, 11) is -3.78. The van der Waals surface area contributed by atoms with Crippen LogP contribution in [0.3, 0.4) is 0 Å². The fourth-order valence-corrected chi connectivity index (χ4v) is 3.07. The van der Waals surface area contributed by atoms with Crippen molar-refractivity contribution < 1.29 is 8.42 Å².